The van der Waals surface area contributed by atoms with Gasteiger partial charge in [-0.1, -0.05) is 5.57 Å². The Morgan fingerprint density at radius 1 is 1.41 bits per heavy atom. The van der Waals surface area contributed by atoms with Crippen LogP contribution in [0.2, 0.25) is 0 Å². The molecule has 0 fully saturated rings. The van der Waals surface area contributed by atoms with Crippen LogP contribution in [0.15, 0.2) is 30.4 Å². The molecule has 3 N–H and O–H groups in total. The Balaban J connectivity index is 3.09. The van der Waals surface area contributed by atoms with E-state index in [0.717, 1.165) is 29.1 Å². The summed E-state index contributed by atoms with van der Waals surface area (Å²) in [7, 11) is 3.27. The van der Waals surface area contributed by atoms with Crippen molar-refractivity contribution >= 4 is 0 Å². The van der Waals surface area contributed by atoms with Gasteiger partial charge in [0.2, 0.25) is 0 Å². The summed E-state index contributed by atoms with van der Waals surface area (Å²) < 4.78 is 10.5. The van der Waals surface area contributed by atoms with E-state index in [1.54, 1.807) is 14.2 Å². The molecular formula is C13H20N2O2. The van der Waals surface area contributed by atoms with Gasteiger partial charge in [0, 0.05) is 5.56 Å². The number of rotatable bonds is 6. The van der Waals surface area contributed by atoms with Crippen molar-refractivity contribution in [3.63, 3.8) is 0 Å². The van der Waals surface area contributed by atoms with Crippen molar-refractivity contribution in [2.45, 2.75) is 19.4 Å². The normalized spacial score (nSPS) is 12.0. The molecule has 1 unspecified atom stereocenters. The van der Waals surface area contributed by atoms with Crippen molar-refractivity contribution < 1.29 is 9.47 Å². The maximum atomic E-state index is 5.58. The van der Waals surface area contributed by atoms with Gasteiger partial charge in [0.1, 0.15) is 11.5 Å². The van der Waals surface area contributed by atoms with Crippen LogP contribution in [-0.4, -0.2) is 14.2 Å². The summed E-state index contributed by atoms with van der Waals surface area (Å²) in [5.41, 5.74) is 4.80. The van der Waals surface area contributed by atoms with Crippen molar-refractivity contribution in [2.75, 3.05) is 14.2 Å². The zero-order chi connectivity index (χ0) is 12.8. The van der Waals surface area contributed by atoms with E-state index >= 15 is 0 Å². The monoisotopic (exact) mass is 236 g/mol. The number of ether oxygens (including phenoxy) is 2. The molecule has 0 amide bonds. The highest BCUT2D eigenvalue weighted by molar-refractivity contribution is 5.42. The molecule has 1 aromatic carbocycles. The molecule has 1 rings (SSSR count). The molecule has 94 valence electrons. The molecule has 0 saturated carbocycles. The van der Waals surface area contributed by atoms with E-state index in [1.807, 2.05) is 25.1 Å². The molecule has 0 aromatic heterocycles. The summed E-state index contributed by atoms with van der Waals surface area (Å²) >= 11 is 0. The quantitative estimate of drug-likeness (QED) is 0.451. The molecule has 0 saturated heterocycles. The first-order valence-electron chi connectivity index (χ1n) is 5.44. The van der Waals surface area contributed by atoms with E-state index in [-0.39, 0.29) is 6.04 Å². The Bertz CT molecular complexity index is 391. The standard InChI is InChI=1S/C13H20N2O2/c1-9(2)7-12(15-14)11-8-10(16-3)5-6-13(11)17-4/h5-6,8,12,15H,1,7,14H2,2-4H3. The highest BCUT2D eigenvalue weighted by Gasteiger charge is 2.15. The van der Waals surface area contributed by atoms with Crippen molar-refractivity contribution in [3.8, 4) is 11.5 Å². The fraction of sp³-hybridized carbons (Fsp3) is 0.385. The van der Waals surface area contributed by atoms with Crippen LogP contribution in [0.5, 0.6) is 11.5 Å². The SMILES string of the molecule is C=C(C)CC(NN)c1cc(OC)ccc1OC. The minimum Gasteiger partial charge on any atom is -0.497 e. The van der Waals surface area contributed by atoms with Crippen molar-refractivity contribution in [1.82, 2.24) is 5.43 Å². The third-order valence-electron chi connectivity index (χ3n) is 2.57. The predicted molar refractivity (Wildman–Crippen MR) is 69.0 cm³/mol. The highest BCUT2D eigenvalue weighted by Crippen LogP contribution is 2.31. The number of methoxy groups -OCH3 is 2. The first-order valence-corrected chi connectivity index (χ1v) is 5.44. The number of hydrogen-bond acceptors (Lipinski definition) is 4. The van der Waals surface area contributed by atoms with Crippen LogP contribution in [0.25, 0.3) is 0 Å². The summed E-state index contributed by atoms with van der Waals surface area (Å²) in [5, 5.41) is 0. The zero-order valence-corrected chi connectivity index (χ0v) is 10.6. The number of benzene rings is 1. The molecule has 17 heavy (non-hydrogen) atoms. The summed E-state index contributed by atoms with van der Waals surface area (Å²) in [5.74, 6) is 7.15. The van der Waals surface area contributed by atoms with E-state index in [1.165, 1.54) is 0 Å². The number of nitrogens with one attached hydrogen (secondary N) is 1. The van der Waals surface area contributed by atoms with Crippen LogP contribution in [0, 0.1) is 0 Å². The molecule has 4 nitrogen and oxygen atoms in total. The molecular weight excluding hydrogens is 216 g/mol. The van der Waals surface area contributed by atoms with Gasteiger partial charge in [0.05, 0.1) is 20.3 Å². The first kappa shape index (κ1) is 13.5. The highest BCUT2D eigenvalue weighted by atomic mass is 16.5. The topological polar surface area (TPSA) is 56.5 Å². The first-order chi connectivity index (χ1) is 8.12. The average molecular weight is 236 g/mol. The van der Waals surface area contributed by atoms with Gasteiger partial charge >= 0.3 is 0 Å². The van der Waals surface area contributed by atoms with E-state index in [0.29, 0.717) is 0 Å². The average Bonchev–Trinajstić information content (AvgIpc) is 2.34. The molecule has 0 aliphatic heterocycles. The second-order valence-electron chi connectivity index (χ2n) is 3.99. The van der Waals surface area contributed by atoms with E-state index in [2.05, 4.69) is 12.0 Å². The largest absolute Gasteiger partial charge is 0.497 e. The summed E-state index contributed by atoms with van der Waals surface area (Å²) in [6, 6.07) is 5.62. The second-order valence-corrected chi connectivity index (χ2v) is 3.99. The van der Waals surface area contributed by atoms with Gasteiger partial charge < -0.3 is 9.47 Å². The molecule has 1 aromatic rings. The van der Waals surface area contributed by atoms with Crippen LogP contribution in [0.1, 0.15) is 24.9 Å². The lowest BCUT2D eigenvalue weighted by Gasteiger charge is -2.19. The van der Waals surface area contributed by atoms with E-state index in [4.69, 9.17) is 15.3 Å². The van der Waals surface area contributed by atoms with Crippen LogP contribution < -0.4 is 20.7 Å². The molecule has 0 bridgehead atoms. The Labute approximate surface area is 102 Å². The molecule has 0 aliphatic rings. The zero-order valence-electron chi connectivity index (χ0n) is 10.6. The van der Waals surface area contributed by atoms with Gasteiger partial charge in [-0.15, -0.1) is 6.58 Å². The Morgan fingerprint density at radius 3 is 2.59 bits per heavy atom. The fourth-order valence-corrected chi connectivity index (χ4v) is 1.72. The number of nitrogens with two attached hydrogens (primary N) is 1. The van der Waals surface area contributed by atoms with Crippen LogP contribution >= 0.6 is 0 Å². The van der Waals surface area contributed by atoms with Crippen molar-refractivity contribution in [1.29, 1.82) is 0 Å². The lowest BCUT2D eigenvalue weighted by atomic mass is 9.99. The van der Waals surface area contributed by atoms with Gasteiger partial charge in [-0.3, -0.25) is 11.3 Å². The third-order valence-corrected chi connectivity index (χ3v) is 2.57. The smallest absolute Gasteiger partial charge is 0.123 e. The Morgan fingerprint density at radius 2 is 2.12 bits per heavy atom. The second kappa shape index (κ2) is 6.27. The Kier molecular flexibility index (Phi) is 5.00. The maximum absolute atomic E-state index is 5.58. The molecule has 4 heteroatoms. The summed E-state index contributed by atoms with van der Waals surface area (Å²) in [6.07, 6.45) is 0.750. The fourth-order valence-electron chi connectivity index (χ4n) is 1.72. The molecule has 0 aliphatic carbocycles. The number of hydrazine groups is 1. The Hall–Kier alpha value is -1.52. The molecule has 0 radical (unpaired) electrons. The number of hydrogen-bond donors (Lipinski definition) is 2. The molecule has 0 heterocycles. The molecule has 0 spiro atoms. The van der Waals surface area contributed by atoms with Gasteiger partial charge in [0.25, 0.3) is 0 Å². The van der Waals surface area contributed by atoms with Crippen molar-refractivity contribution in [2.24, 2.45) is 5.84 Å². The van der Waals surface area contributed by atoms with E-state index in [9.17, 15) is 0 Å². The lowest BCUT2D eigenvalue weighted by Crippen LogP contribution is -2.28. The minimum absolute atomic E-state index is 0.0300. The van der Waals surface area contributed by atoms with Crippen LogP contribution in [-0.2, 0) is 0 Å². The minimum atomic E-state index is -0.0300. The van der Waals surface area contributed by atoms with Crippen molar-refractivity contribution in [3.05, 3.63) is 35.9 Å². The van der Waals surface area contributed by atoms with Gasteiger partial charge in [-0.25, -0.2) is 0 Å². The maximum Gasteiger partial charge on any atom is 0.123 e. The van der Waals surface area contributed by atoms with E-state index < -0.39 is 0 Å². The van der Waals surface area contributed by atoms with Gasteiger partial charge in [-0.05, 0) is 31.5 Å². The summed E-state index contributed by atoms with van der Waals surface area (Å²) in [6.45, 7) is 5.87. The van der Waals surface area contributed by atoms with Crippen LogP contribution in [0.4, 0.5) is 0 Å². The predicted octanol–water partition coefficient (Wildman–Crippen LogP) is 2.17. The van der Waals surface area contributed by atoms with Gasteiger partial charge in [0.15, 0.2) is 0 Å². The lowest BCUT2D eigenvalue weighted by molar-refractivity contribution is 0.389. The van der Waals surface area contributed by atoms with Gasteiger partial charge in [-0.2, -0.15) is 0 Å². The van der Waals surface area contributed by atoms with Crippen LogP contribution in [0.3, 0.4) is 0 Å². The molecule has 1 atom stereocenters. The summed E-state index contributed by atoms with van der Waals surface area (Å²) in [4.78, 5) is 0. The third kappa shape index (κ3) is 3.47.